The molecule has 15 heavy (non-hydrogen) atoms. The summed E-state index contributed by atoms with van der Waals surface area (Å²) >= 11 is 0. The first-order chi connectivity index (χ1) is 7.20. The third-order valence-electron chi connectivity index (χ3n) is 2.29. The van der Waals surface area contributed by atoms with Crippen LogP contribution in [0.3, 0.4) is 0 Å². The van der Waals surface area contributed by atoms with Crippen LogP contribution < -0.4 is 10.6 Å². The highest BCUT2D eigenvalue weighted by atomic mass is 16.3. The number of anilines is 2. The lowest BCUT2D eigenvalue weighted by Gasteiger charge is -2.12. The van der Waals surface area contributed by atoms with E-state index in [-0.39, 0.29) is 6.61 Å². The fraction of sp³-hybridized carbons (Fsp3) is 0.300. The Labute approximate surface area is 87.5 Å². The normalized spacial score (nSPS) is 10.8. The van der Waals surface area contributed by atoms with Gasteiger partial charge in [-0.05, 0) is 18.2 Å². The number of hydrogen-bond donors (Lipinski definition) is 3. The molecule has 4 N–H and O–H groups in total. The molecule has 2 rings (SSSR count). The van der Waals surface area contributed by atoms with Crippen molar-refractivity contribution in [1.82, 2.24) is 9.97 Å². The molecule has 80 valence electrons. The molecule has 0 aliphatic rings. The zero-order valence-corrected chi connectivity index (χ0v) is 8.57. The first-order valence-corrected chi connectivity index (χ1v) is 4.78. The van der Waals surface area contributed by atoms with E-state index in [1.54, 1.807) is 0 Å². The fourth-order valence-corrected chi connectivity index (χ4v) is 1.45. The molecule has 5 nitrogen and oxygen atoms in total. The summed E-state index contributed by atoms with van der Waals surface area (Å²) in [5.41, 5.74) is 8.17. The number of fused-ring (bicyclic) bond motifs is 1. The minimum absolute atomic E-state index is 0.107. The van der Waals surface area contributed by atoms with E-state index in [0.29, 0.717) is 12.2 Å². The number of hydrogen-bond acceptors (Lipinski definition) is 4. The molecule has 0 aliphatic heterocycles. The fourth-order valence-electron chi connectivity index (χ4n) is 1.45. The molecule has 0 fully saturated rings. The highest BCUT2D eigenvalue weighted by Gasteiger charge is 2.06. The van der Waals surface area contributed by atoms with Gasteiger partial charge < -0.3 is 20.7 Å². The number of aromatic nitrogens is 2. The number of aromatic amines is 1. The largest absolute Gasteiger partial charge is 0.399 e. The summed E-state index contributed by atoms with van der Waals surface area (Å²) in [6.07, 6.45) is 0. The van der Waals surface area contributed by atoms with Crippen molar-refractivity contribution in [2.75, 3.05) is 30.8 Å². The Morgan fingerprint density at radius 1 is 1.53 bits per heavy atom. The maximum absolute atomic E-state index is 8.81. The second-order valence-corrected chi connectivity index (χ2v) is 3.48. The number of aliphatic hydroxyl groups excluding tert-OH is 1. The molecule has 2 aromatic rings. The molecule has 0 amide bonds. The molecular weight excluding hydrogens is 192 g/mol. The van der Waals surface area contributed by atoms with Crippen molar-refractivity contribution in [3.63, 3.8) is 0 Å². The van der Waals surface area contributed by atoms with Crippen LogP contribution in [0.1, 0.15) is 0 Å². The van der Waals surface area contributed by atoms with Gasteiger partial charge in [-0.3, -0.25) is 0 Å². The summed E-state index contributed by atoms with van der Waals surface area (Å²) in [5, 5.41) is 8.81. The minimum atomic E-state index is 0.107. The lowest BCUT2D eigenvalue weighted by atomic mass is 10.3. The molecule has 0 saturated heterocycles. The summed E-state index contributed by atoms with van der Waals surface area (Å²) in [7, 11) is 1.87. The van der Waals surface area contributed by atoms with E-state index >= 15 is 0 Å². The smallest absolute Gasteiger partial charge is 0.203 e. The van der Waals surface area contributed by atoms with Gasteiger partial charge in [0.05, 0.1) is 17.6 Å². The van der Waals surface area contributed by atoms with Gasteiger partial charge in [0, 0.05) is 19.3 Å². The van der Waals surface area contributed by atoms with Crippen molar-refractivity contribution in [1.29, 1.82) is 0 Å². The van der Waals surface area contributed by atoms with E-state index in [1.165, 1.54) is 0 Å². The van der Waals surface area contributed by atoms with Crippen molar-refractivity contribution in [3.05, 3.63) is 18.2 Å². The number of likely N-dealkylation sites (N-methyl/N-ethyl adjacent to an activating group) is 1. The van der Waals surface area contributed by atoms with Gasteiger partial charge >= 0.3 is 0 Å². The summed E-state index contributed by atoms with van der Waals surface area (Å²) in [4.78, 5) is 9.38. The number of rotatable bonds is 3. The first kappa shape index (κ1) is 9.79. The lowest BCUT2D eigenvalue weighted by molar-refractivity contribution is 0.303. The van der Waals surface area contributed by atoms with E-state index in [0.717, 1.165) is 17.0 Å². The van der Waals surface area contributed by atoms with Gasteiger partial charge in [0.2, 0.25) is 5.95 Å². The highest BCUT2D eigenvalue weighted by Crippen LogP contribution is 2.18. The van der Waals surface area contributed by atoms with Crippen molar-refractivity contribution < 1.29 is 5.11 Å². The summed E-state index contributed by atoms with van der Waals surface area (Å²) in [5.74, 6) is 0.740. The van der Waals surface area contributed by atoms with E-state index in [2.05, 4.69) is 9.97 Å². The number of nitrogen functional groups attached to an aromatic ring is 1. The predicted molar refractivity (Wildman–Crippen MR) is 60.9 cm³/mol. The average molecular weight is 206 g/mol. The van der Waals surface area contributed by atoms with Crippen LogP contribution >= 0.6 is 0 Å². The molecule has 0 bridgehead atoms. The number of nitrogens with two attached hydrogens (primary N) is 1. The van der Waals surface area contributed by atoms with Crippen LogP contribution in [-0.4, -0.2) is 35.3 Å². The van der Waals surface area contributed by atoms with Crippen molar-refractivity contribution in [2.24, 2.45) is 0 Å². The molecule has 0 unspecified atom stereocenters. The van der Waals surface area contributed by atoms with Crippen molar-refractivity contribution in [3.8, 4) is 0 Å². The maximum atomic E-state index is 8.81. The third-order valence-corrected chi connectivity index (χ3v) is 2.29. The number of nitrogens with zero attached hydrogens (tertiary/aromatic N) is 2. The molecule has 1 heterocycles. The topological polar surface area (TPSA) is 78.2 Å². The summed E-state index contributed by atoms with van der Waals surface area (Å²) in [6, 6.07) is 5.54. The molecule has 0 saturated carbocycles. The molecule has 1 aromatic carbocycles. The van der Waals surface area contributed by atoms with E-state index in [1.807, 2.05) is 30.1 Å². The Morgan fingerprint density at radius 3 is 3.07 bits per heavy atom. The predicted octanol–water partition coefficient (Wildman–Crippen LogP) is 0.574. The van der Waals surface area contributed by atoms with Crippen LogP contribution in [0, 0.1) is 0 Å². The number of nitrogens with one attached hydrogen (secondary N) is 1. The summed E-state index contributed by atoms with van der Waals surface area (Å²) in [6.45, 7) is 0.658. The van der Waals surface area contributed by atoms with Gasteiger partial charge in [0.1, 0.15) is 0 Å². The lowest BCUT2D eigenvalue weighted by Crippen LogP contribution is -2.22. The summed E-state index contributed by atoms with van der Waals surface area (Å²) < 4.78 is 0. The standard InChI is InChI=1S/C10H14N4O/c1-14(4-5-15)10-12-8-3-2-7(11)6-9(8)13-10/h2-3,6,15H,4-5,11H2,1H3,(H,12,13). The van der Waals surface area contributed by atoms with Gasteiger partial charge in [0.15, 0.2) is 0 Å². The third kappa shape index (κ3) is 1.87. The highest BCUT2D eigenvalue weighted by molar-refractivity contribution is 5.80. The molecule has 0 atom stereocenters. The molecule has 1 aromatic heterocycles. The maximum Gasteiger partial charge on any atom is 0.203 e. The monoisotopic (exact) mass is 206 g/mol. The second kappa shape index (κ2) is 3.78. The Balaban J connectivity index is 2.38. The van der Waals surface area contributed by atoms with Crippen LogP contribution in [0.5, 0.6) is 0 Å². The molecule has 5 heteroatoms. The van der Waals surface area contributed by atoms with Crippen LogP contribution in [-0.2, 0) is 0 Å². The number of H-pyrrole nitrogens is 1. The number of aliphatic hydroxyl groups is 1. The quantitative estimate of drug-likeness (QED) is 0.642. The van der Waals surface area contributed by atoms with Crippen LogP contribution in [0.2, 0.25) is 0 Å². The second-order valence-electron chi connectivity index (χ2n) is 3.48. The Hall–Kier alpha value is -1.75. The zero-order chi connectivity index (χ0) is 10.8. The number of imidazole rings is 1. The van der Waals surface area contributed by atoms with Crippen LogP contribution in [0.25, 0.3) is 11.0 Å². The first-order valence-electron chi connectivity index (χ1n) is 4.78. The van der Waals surface area contributed by atoms with E-state index < -0.39 is 0 Å². The Morgan fingerprint density at radius 2 is 2.33 bits per heavy atom. The minimum Gasteiger partial charge on any atom is -0.399 e. The van der Waals surface area contributed by atoms with Gasteiger partial charge in [-0.1, -0.05) is 0 Å². The van der Waals surface area contributed by atoms with Crippen LogP contribution in [0.4, 0.5) is 11.6 Å². The molecule has 0 radical (unpaired) electrons. The van der Waals surface area contributed by atoms with Gasteiger partial charge in [-0.2, -0.15) is 0 Å². The number of benzene rings is 1. The molecular formula is C10H14N4O. The zero-order valence-electron chi connectivity index (χ0n) is 8.57. The van der Waals surface area contributed by atoms with Gasteiger partial charge in [0.25, 0.3) is 0 Å². The Bertz CT molecular complexity index is 465. The van der Waals surface area contributed by atoms with Crippen molar-refractivity contribution >= 4 is 22.7 Å². The SMILES string of the molecule is CN(CCO)c1nc2ccc(N)cc2[nH]1. The van der Waals surface area contributed by atoms with Gasteiger partial charge in [-0.25, -0.2) is 4.98 Å². The van der Waals surface area contributed by atoms with E-state index in [9.17, 15) is 0 Å². The van der Waals surface area contributed by atoms with Gasteiger partial charge in [-0.15, -0.1) is 0 Å². The molecule has 0 aliphatic carbocycles. The average Bonchev–Trinajstić information content (AvgIpc) is 2.60. The van der Waals surface area contributed by atoms with E-state index in [4.69, 9.17) is 10.8 Å². The van der Waals surface area contributed by atoms with Crippen LogP contribution in [0.15, 0.2) is 18.2 Å². The van der Waals surface area contributed by atoms with Crippen molar-refractivity contribution in [2.45, 2.75) is 0 Å². The molecule has 0 spiro atoms. The Kier molecular flexibility index (Phi) is 2.47.